The van der Waals surface area contributed by atoms with Crippen LogP contribution in [0.4, 0.5) is 0 Å². The van der Waals surface area contributed by atoms with Crippen LogP contribution in [-0.4, -0.2) is 19.7 Å². The van der Waals surface area contributed by atoms with Crippen LogP contribution in [0.25, 0.3) is 0 Å². The predicted octanol–water partition coefficient (Wildman–Crippen LogP) is 1.72. The molecule has 1 fully saturated rings. The maximum absolute atomic E-state index is 5.64. The van der Waals surface area contributed by atoms with E-state index in [0.29, 0.717) is 12.1 Å². The van der Waals surface area contributed by atoms with Gasteiger partial charge in [0.25, 0.3) is 0 Å². The molecular formula is C11H17NO2. The molecule has 0 bridgehead atoms. The van der Waals surface area contributed by atoms with E-state index in [1.807, 2.05) is 19.2 Å². The van der Waals surface area contributed by atoms with E-state index in [2.05, 4.69) is 5.32 Å². The van der Waals surface area contributed by atoms with Crippen molar-refractivity contribution < 1.29 is 9.15 Å². The largest absolute Gasteiger partial charge is 0.464 e. The molecular weight excluding hydrogens is 178 g/mol. The SMILES string of the molecule is CNC1(Cc2ccc(COC)o2)CC1. The number of rotatable bonds is 5. The van der Waals surface area contributed by atoms with Crippen molar-refractivity contribution in [3.05, 3.63) is 23.7 Å². The van der Waals surface area contributed by atoms with Gasteiger partial charge < -0.3 is 14.5 Å². The fourth-order valence-corrected chi connectivity index (χ4v) is 1.74. The van der Waals surface area contributed by atoms with E-state index in [-0.39, 0.29) is 0 Å². The van der Waals surface area contributed by atoms with Gasteiger partial charge in [-0.05, 0) is 32.0 Å². The Labute approximate surface area is 84.4 Å². The van der Waals surface area contributed by atoms with Gasteiger partial charge >= 0.3 is 0 Å². The van der Waals surface area contributed by atoms with Gasteiger partial charge in [-0.3, -0.25) is 0 Å². The van der Waals surface area contributed by atoms with Crippen LogP contribution in [0.1, 0.15) is 24.4 Å². The minimum atomic E-state index is 0.322. The molecule has 1 N–H and O–H groups in total. The Kier molecular flexibility index (Phi) is 2.61. The maximum atomic E-state index is 5.64. The van der Waals surface area contributed by atoms with Crippen molar-refractivity contribution in [1.29, 1.82) is 0 Å². The molecule has 0 amide bonds. The second kappa shape index (κ2) is 3.75. The lowest BCUT2D eigenvalue weighted by Crippen LogP contribution is -2.29. The van der Waals surface area contributed by atoms with Crippen molar-refractivity contribution in [2.45, 2.75) is 31.4 Å². The van der Waals surface area contributed by atoms with E-state index >= 15 is 0 Å². The van der Waals surface area contributed by atoms with Crippen LogP contribution < -0.4 is 5.32 Å². The highest BCUT2D eigenvalue weighted by Crippen LogP contribution is 2.38. The third-order valence-corrected chi connectivity index (χ3v) is 2.90. The molecule has 1 saturated carbocycles. The van der Waals surface area contributed by atoms with E-state index < -0.39 is 0 Å². The highest BCUT2D eigenvalue weighted by atomic mass is 16.5. The summed E-state index contributed by atoms with van der Waals surface area (Å²) in [7, 11) is 3.70. The summed E-state index contributed by atoms with van der Waals surface area (Å²) in [4.78, 5) is 0. The summed E-state index contributed by atoms with van der Waals surface area (Å²) in [5, 5.41) is 3.35. The van der Waals surface area contributed by atoms with Crippen LogP contribution in [0.2, 0.25) is 0 Å². The first-order valence-corrected chi connectivity index (χ1v) is 5.03. The van der Waals surface area contributed by atoms with Gasteiger partial charge in [0.2, 0.25) is 0 Å². The quantitative estimate of drug-likeness (QED) is 0.776. The van der Waals surface area contributed by atoms with E-state index in [0.717, 1.165) is 17.9 Å². The lowest BCUT2D eigenvalue weighted by atomic mass is 10.1. The van der Waals surface area contributed by atoms with Gasteiger partial charge in [0.1, 0.15) is 18.1 Å². The zero-order valence-electron chi connectivity index (χ0n) is 8.80. The van der Waals surface area contributed by atoms with Crippen LogP contribution in [0.3, 0.4) is 0 Å². The summed E-state index contributed by atoms with van der Waals surface area (Å²) in [6.07, 6.45) is 3.50. The molecule has 2 rings (SSSR count). The summed E-state index contributed by atoms with van der Waals surface area (Å²) in [5.41, 5.74) is 0.322. The zero-order chi connectivity index (χ0) is 10.0. The Hall–Kier alpha value is -0.800. The van der Waals surface area contributed by atoms with Crippen LogP contribution in [0, 0.1) is 0 Å². The first kappa shape index (κ1) is 9.74. The van der Waals surface area contributed by atoms with Crippen molar-refractivity contribution in [2.75, 3.05) is 14.2 Å². The molecule has 0 saturated heterocycles. The van der Waals surface area contributed by atoms with E-state index in [9.17, 15) is 0 Å². The summed E-state index contributed by atoms with van der Waals surface area (Å²) >= 11 is 0. The number of methoxy groups -OCH3 is 1. The standard InChI is InChI=1S/C11H17NO2/c1-12-11(5-6-11)7-9-3-4-10(14-9)8-13-2/h3-4,12H,5-8H2,1-2H3. The summed E-state index contributed by atoms with van der Waals surface area (Å²) in [6, 6.07) is 4.04. The molecule has 0 atom stereocenters. The van der Waals surface area contributed by atoms with Gasteiger partial charge in [0, 0.05) is 19.1 Å². The van der Waals surface area contributed by atoms with Crippen LogP contribution >= 0.6 is 0 Å². The van der Waals surface area contributed by atoms with Gasteiger partial charge in [-0.15, -0.1) is 0 Å². The average molecular weight is 195 g/mol. The summed E-state index contributed by atoms with van der Waals surface area (Å²) in [5.74, 6) is 1.97. The van der Waals surface area contributed by atoms with Gasteiger partial charge in [0.05, 0.1) is 0 Å². The smallest absolute Gasteiger partial charge is 0.129 e. The topological polar surface area (TPSA) is 34.4 Å². The van der Waals surface area contributed by atoms with Gasteiger partial charge in [0.15, 0.2) is 0 Å². The van der Waals surface area contributed by atoms with Crippen LogP contribution in [0.5, 0.6) is 0 Å². The lowest BCUT2D eigenvalue weighted by molar-refractivity contribution is 0.162. The zero-order valence-corrected chi connectivity index (χ0v) is 8.80. The predicted molar refractivity (Wildman–Crippen MR) is 54.1 cm³/mol. The number of ether oxygens (including phenoxy) is 1. The molecule has 1 aromatic heterocycles. The molecule has 0 aliphatic heterocycles. The minimum Gasteiger partial charge on any atom is -0.464 e. The van der Waals surface area contributed by atoms with E-state index in [1.165, 1.54) is 12.8 Å². The van der Waals surface area contributed by atoms with Crippen molar-refractivity contribution >= 4 is 0 Å². The normalized spacial score (nSPS) is 18.4. The Morgan fingerprint density at radius 2 is 2.14 bits per heavy atom. The number of likely N-dealkylation sites (N-methyl/N-ethyl adjacent to an activating group) is 1. The third-order valence-electron chi connectivity index (χ3n) is 2.90. The number of furan rings is 1. The second-order valence-corrected chi connectivity index (χ2v) is 4.01. The van der Waals surface area contributed by atoms with Gasteiger partial charge in [-0.2, -0.15) is 0 Å². The lowest BCUT2D eigenvalue weighted by Gasteiger charge is -2.11. The molecule has 1 heterocycles. The van der Waals surface area contributed by atoms with Crippen molar-refractivity contribution in [1.82, 2.24) is 5.32 Å². The number of nitrogens with one attached hydrogen (secondary N) is 1. The first-order valence-electron chi connectivity index (χ1n) is 5.03. The number of hydrogen-bond donors (Lipinski definition) is 1. The Balaban J connectivity index is 1.96. The van der Waals surface area contributed by atoms with Crippen LogP contribution in [0.15, 0.2) is 16.5 Å². The van der Waals surface area contributed by atoms with E-state index in [1.54, 1.807) is 7.11 Å². The monoisotopic (exact) mass is 195 g/mol. The maximum Gasteiger partial charge on any atom is 0.129 e. The van der Waals surface area contributed by atoms with Gasteiger partial charge in [-0.1, -0.05) is 0 Å². The number of hydrogen-bond acceptors (Lipinski definition) is 3. The second-order valence-electron chi connectivity index (χ2n) is 4.01. The highest BCUT2D eigenvalue weighted by Gasteiger charge is 2.41. The molecule has 1 aliphatic rings. The molecule has 1 aromatic rings. The molecule has 3 nitrogen and oxygen atoms in total. The Morgan fingerprint density at radius 3 is 2.71 bits per heavy atom. The molecule has 3 heteroatoms. The molecule has 78 valence electrons. The van der Waals surface area contributed by atoms with Crippen molar-refractivity contribution in [2.24, 2.45) is 0 Å². The minimum absolute atomic E-state index is 0.322. The van der Waals surface area contributed by atoms with E-state index in [4.69, 9.17) is 9.15 Å². The van der Waals surface area contributed by atoms with Crippen molar-refractivity contribution in [3.63, 3.8) is 0 Å². The molecule has 0 radical (unpaired) electrons. The third kappa shape index (κ3) is 1.99. The summed E-state index contributed by atoms with van der Waals surface area (Å²) < 4.78 is 10.6. The average Bonchev–Trinajstić information content (AvgIpc) is 2.82. The Bertz CT molecular complexity index is 302. The molecule has 0 aromatic carbocycles. The fraction of sp³-hybridized carbons (Fsp3) is 0.636. The van der Waals surface area contributed by atoms with Crippen molar-refractivity contribution in [3.8, 4) is 0 Å². The molecule has 14 heavy (non-hydrogen) atoms. The molecule has 0 spiro atoms. The van der Waals surface area contributed by atoms with Crippen LogP contribution in [-0.2, 0) is 17.8 Å². The van der Waals surface area contributed by atoms with Gasteiger partial charge in [-0.25, -0.2) is 0 Å². The summed E-state index contributed by atoms with van der Waals surface area (Å²) in [6.45, 7) is 0.562. The molecule has 1 aliphatic carbocycles. The highest BCUT2D eigenvalue weighted by molar-refractivity contribution is 5.14. The molecule has 0 unspecified atom stereocenters. The Morgan fingerprint density at radius 1 is 1.43 bits per heavy atom. The fourth-order valence-electron chi connectivity index (χ4n) is 1.74. The first-order chi connectivity index (χ1) is 6.78.